The smallest absolute Gasteiger partial charge is 0.0896 e. The lowest BCUT2D eigenvalue weighted by molar-refractivity contribution is -0.0917. The quantitative estimate of drug-likeness (QED) is 0.794. The third-order valence-electron chi connectivity index (χ3n) is 4.91. The molecule has 4 heteroatoms. The van der Waals surface area contributed by atoms with Gasteiger partial charge < -0.3 is 19.8 Å². The predicted molar refractivity (Wildman–Crippen MR) is 75.0 cm³/mol. The Kier molecular flexibility index (Phi) is 4.00. The number of aliphatic hydroxyl groups is 2. The topological polar surface area (TPSA) is 52.9 Å². The molecule has 4 unspecified atom stereocenters. The first-order chi connectivity index (χ1) is 8.63. The number of nitrogens with zero attached hydrogens (tertiary/aromatic N) is 1. The summed E-state index contributed by atoms with van der Waals surface area (Å²) >= 11 is 0. The average molecular weight is 271 g/mol. The van der Waals surface area contributed by atoms with Crippen LogP contribution in [0.5, 0.6) is 0 Å². The van der Waals surface area contributed by atoms with Gasteiger partial charge in [0.15, 0.2) is 0 Å². The van der Waals surface area contributed by atoms with Crippen molar-refractivity contribution >= 4 is 0 Å². The van der Waals surface area contributed by atoms with Crippen LogP contribution >= 0.6 is 0 Å². The van der Waals surface area contributed by atoms with Gasteiger partial charge in [0.05, 0.1) is 23.4 Å². The second-order valence-corrected chi connectivity index (χ2v) is 7.45. The maximum atomic E-state index is 10.5. The highest BCUT2D eigenvalue weighted by Crippen LogP contribution is 2.42. The largest absolute Gasteiger partial charge is 0.393 e. The zero-order valence-corrected chi connectivity index (χ0v) is 12.9. The van der Waals surface area contributed by atoms with Crippen molar-refractivity contribution in [3.05, 3.63) is 0 Å². The van der Waals surface area contributed by atoms with Gasteiger partial charge in [-0.1, -0.05) is 6.92 Å². The van der Waals surface area contributed by atoms with Crippen LogP contribution in [0.3, 0.4) is 0 Å². The molecule has 19 heavy (non-hydrogen) atoms. The summed E-state index contributed by atoms with van der Waals surface area (Å²) in [5.41, 5.74) is -0.780. The van der Waals surface area contributed by atoms with Crippen molar-refractivity contribution in [1.82, 2.24) is 4.90 Å². The first-order valence-corrected chi connectivity index (χ1v) is 7.42. The standard InChI is InChI=1S/C15H29NO3/c1-10-8-16(7-6-12(10)17)9-11-13(18)15(4,5)19-14(11,2)3/h10-13,17-18H,6-9H2,1-5H3. The minimum Gasteiger partial charge on any atom is -0.393 e. The van der Waals surface area contributed by atoms with Gasteiger partial charge in [0.2, 0.25) is 0 Å². The molecule has 0 saturated carbocycles. The van der Waals surface area contributed by atoms with Crippen LogP contribution in [-0.2, 0) is 4.74 Å². The highest BCUT2D eigenvalue weighted by Gasteiger charge is 2.53. The Balaban J connectivity index is 2.02. The van der Waals surface area contributed by atoms with Crippen LogP contribution in [0.15, 0.2) is 0 Å². The summed E-state index contributed by atoms with van der Waals surface area (Å²) in [6.07, 6.45) is 0.212. The highest BCUT2D eigenvalue weighted by molar-refractivity contribution is 5.02. The molecule has 2 aliphatic rings. The molecule has 0 radical (unpaired) electrons. The van der Waals surface area contributed by atoms with Crippen LogP contribution in [0.25, 0.3) is 0 Å². The molecule has 0 aromatic rings. The van der Waals surface area contributed by atoms with E-state index in [4.69, 9.17) is 4.74 Å². The second kappa shape index (κ2) is 4.99. The van der Waals surface area contributed by atoms with E-state index >= 15 is 0 Å². The van der Waals surface area contributed by atoms with E-state index in [1.165, 1.54) is 0 Å². The summed E-state index contributed by atoms with van der Waals surface area (Å²) in [6.45, 7) is 12.8. The molecule has 2 saturated heterocycles. The molecule has 0 amide bonds. The van der Waals surface area contributed by atoms with Gasteiger partial charge in [0.1, 0.15) is 0 Å². The van der Waals surface area contributed by atoms with E-state index in [9.17, 15) is 10.2 Å². The van der Waals surface area contributed by atoms with Gasteiger partial charge in [-0.15, -0.1) is 0 Å². The Hall–Kier alpha value is -0.160. The van der Waals surface area contributed by atoms with Crippen LogP contribution in [0, 0.1) is 11.8 Å². The van der Waals surface area contributed by atoms with E-state index in [0.717, 1.165) is 26.1 Å². The van der Waals surface area contributed by atoms with E-state index in [1.807, 2.05) is 13.8 Å². The lowest BCUT2D eigenvalue weighted by Crippen LogP contribution is -2.48. The molecule has 2 fully saturated rings. The van der Waals surface area contributed by atoms with Crippen LogP contribution < -0.4 is 0 Å². The number of aliphatic hydroxyl groups excluding tert-OH is 2. The molecule has 0 aromatic carbocycles. The fraction of sp³-hybridized carbons (Fsp3) is 1.00. The third-order valence-corrected chi connectivity index (χ3v) is 4.91. The normalized spacial score (nSPS) is 42.5. The monoisotopic (exact) mass is 271 g/mol. The Morgan fingerprint density at radius 2 is 1.79 bits per heavy atom. The molecule has 0 spiro atoms. The van der Waals surface area contributed by atoms with Crippen molar-refractivity contribution < 1.29 is 14.9 Å². The lowest BCUT2D eigenvalue weighted by Gasteiger charge is -2.38. The molecular weight excluding hydrogens is 242 g/mol. The van der Waals surface area contributed by atoms with Crippen LogP contribution in [0.1, 0.15) is 41.0 Å². The van der Waals surface area contributed by atoms with Crippen LogP contribution in [-0.4, -0.2) is 58.2 Å². The fourth-order valence-electron chi connectivity index (χ4n) is 3.66. The molecule has 4 atom stereocenters. The van der Waals surface area contributed by atoms with Gasteiger partial charge in [-0.05, 0) is 40.0 Å². The zero-order chi connectivity index (χ0) is 14.4. The maximum Gasteiger partial charge on any atom is 0.0896 e. The van der Waals surface area contributed by atoms with Gasteiger partial charge in [0.25, 0.3) is 0 Å². The van der Waals surface area contributed by atoms with Gasteiger partial charge >= 0.3 is 0 Å². The van der Waals surface area contributed by atoms with E-state index in [2.05, 4.69) is 25.7 Å². The maximum absolute atomic E-state index is 10.5. The predicted octanol–water partition coefficient (Wildman–Crippen LogP) is 1.25. The molecule has 2 rings (SSSR count). The number of piperidine rings is 1. The van der Waals surface area contributed by atoms with Crippen molar-refractivity contribution in [2.45, 2.75) is 64.4 Å². The Morgan fingerprint density at radius 3 is 2.26 bits per heavy atom. The molecule has 4 nitrogen and oxygen atoms in total. The van der Waals surface area contributed by atoms with Crippen molar-refractivity contribution in [3.8, 4) is 0 Å². The molecule has 2 heterocycles. The summed E-state index contributed by atoms with van der Waals surface area (Å²) in [5.74, 6) is 0.425. The molecule has 112 valence electrons. The molecular formula is C15H29NO3. The summed E-state index contributed by atoms with van der Waals surface area (Å²) < 4.78 is 6.02. The number of hydrogen-bond acceptors (Lipinski definition) is 4. The van der Waals surface area contributed by atoms with Gasteiger partial charge in [-0.25, -0.2) is 0 Å². The summed E-state index contributed by atoms with van der Waals surface area (Å²) in [6, 6.07) is 0. The van der Waals surface area contributed by atoms with Gasteiger partial charge in [0, 0.05) is 25.6 Å². The Labute approximate surface area is 116 Å². The molecule has 0 aromatic heterocycles. The first kappa shape index (κ1) is 15.2. The van der Waals surface area contributed by atoms with E-state index in [0.29, 0.717) is 5.92 Å². The average Bonchev–Trinajstić information content (AvgIpc) is 2.42. The molecule has 2 aliphatic heterocycles. The van der Waals surface area contributed by atoms with E-state index < -0.39 is 11.7 Å². The summed E-state index contributed by atoms with van der Waals surface area (Å²) in [7, 11) is 0. The highest BCUT2D eigenvalue weighted by atomic mass is 16.5. The Bertz CT molecular complexity index is 329. The fourth-order valence-corrected chi connectivity index (χ4v) is 3.66. The van der Waals surface area contributed by atoms with Crippen molar-refractivity contribution in [2.24, 2.45) is 11.8 Å². The lowest BCUT2D eigenvalue weighted by atomic mass is 9.83. The third kappa shape index (κ3) is 2.97. The van der Waals surface area contributed by atoms with E-state index in [1.54, 1.807) is 0 Å². The molecule has 0 aliphatic carbocycles. The number of rotatable bonds is 2. The number of ether oxygens (including phenoxy) is 1. The van der Waals surface area contributed by atoms with Crippen molar-refractivity contribution in [2.75, 3.05) is 19.6 Å². The number of hydrogen-bond donors (Lipinski definition) is 2. The SMILES string of the molecule is CC1CN(CC2C(O)C(C)(C)OC2(C)C)CCC1O. The molecule has 2 N–H and O–H groups in total. The Morgan fingerprint density at radius 1 is 1.16 bits per heavy atom. The minimum absolute atomic E-state index is 0.116. The minimum atomic E-state index is -0.477. The molecule has 0 bridgehead atoms. The zero-order valence-electron chi connectivity index (χ0n) is 12.9. The number of likely N-dealkylation sites (tertiary alicyclic amines) is 1. The summed E-state index contributed by atoms with van der Waals surface area (Å²) in [4.78, 5) is 2.36. The van der Waals surface area contributed by atoms with E-state index in [-0.39, 0.29) is 17.6 Å². The van der Waals surface area contributed by atoms with Crippen molar-refractivity contribution in [3.63, 3.8) is 0 Å². The van der Waals surface area contributed by atoms with Crippen molar-refractivity contribution in [1.29, 1.82) is 0 Å². The second-order valence-electron chi connectivity index (χ2n) is 7.45. The summed E-state index contributed by atoms with van der Waals surface area (Å²) in [5, 5.41) is 20.3. The first-order valence-electron chi connectivity index (χ1n) is 7.42. The van der Waals surface area contributed by atoms with Crippen LogP contribution in [0.4, 0.5) is 0 Å². The van der Waals surface area contributed by atoms with Crippen LogP contribution in [0.2, 0.25) is 0 Å². The van der Waals surface area contributed by atoms with Gasteiger partial charge in [-0.3, -0.25) is 0 Å². The van der Waals surface area contributed by atoms with Gasteiger partial charge in [-0.2, -0.15) is 0 Å².